The zero-order valence-electron chi connectivity index (χ0n) is 8.98. The molecule has 0 saturated heterocycles. The van der Waals surface area contributed by atoms with E-state index in [4.69, 9.17) is 9.94 Å². The van der Waals surface area contributed by atoms with Crippen LogP contribution in [0.3, 0.4) is 0 Å². The molecule has 1 aromatic rings. The van der Waals surface area contributed by atoms with E-state index in [0.717, 1.165) is 12.8 Å². The summed E-state index contributed by atoms with van der Waals surface area (Å²) in [6, 6.07) is 8.58. The standard InChI is InChI=1S/C12H15NO3/c14-12(15)5-6-16-13-11-7-9-3-1-2-4-10(9)8-11/h1-4,11,13H,5-8H2,(H,14,15). The van der Waals surface area contributed by atoms with Crippen molar-refractivity contribution in [2.75, 3.05) is 6.61 Å². The molecule has 16 heavy (non-hydrogen) atoms. The van der Waals surface area contributed by atoms with E-state index in [2.05, 4.69) is 17.6 Å². The number of carbonyl (C=O) groups is 1. The molecule has 0 atom stereocenters. The first-order chi connectivity index (χ1) is 7.75. The second-order valence-electron chi connectivity index (χ2n) is 3.98. The average molecular weight is 221 g/mol. The quantitative estimate of drug-likeness (QED) is 0.578. The fraction of sp³-hybridized carbons (Fsp3) is 0.417. The van der Waals surface area contributed by atoms with E-state index >= 15 is 0 Å². The third-order valence-electron chi connectivity index (χ3n) is 2.72. The monoisotopic (exact) mass is 221 g/mol. The lowest BCUT2D eigenvalue weighted by Crippen LogP contribution is -2.30. The molecule has 0 radical (unpaired) electrons. The number of carboxylic acids is 1. The zero-order chi connectivity index (χ0) is 11.4. The fourth-order valence-corrected chi connectivity index (χ4v) is 1.96. The van der Waals surface area contributed by atoms with Crippen LogP contribution in [0, 0.1) is 0 Å². The number of fused-ring (bicyclic) bond motifs is 1. The van der Waals surface area contributed by atoms with Gasteiger partial charge in [0.2, 0.25) is 0 Å². The topological polar surface area (TPSA) is 58.6 Å². The maximum Gasteiger partial charge on any atom is 0.305 e. The summed E-state index contributed by atoms with van der Waals surface area (Å²) < 4.78 is 0. The first-order valence-electron chi connectivity index (χ1n) is 5.41. The van der Waals surface area contributed by atoms with Gasteiger partial charge in [-0.3, -0.25) is 4.79 Å². The highest BCUT2D eigenvalue weighted by molar-refractivity contribution is 5.66. The van der Waals surface area contributed by atoms with E-state index in [-0.39, 0.29) is 19.1 Å². The first kappa shape index (κ1) is 11.1. The van der Waals surface area contributed by atoms with E-state index < -0.39 is 5.97 Å². The molecule has 0 amide bonds. The minimum Gasteiger partial charge on any atom is -0.481 e. The normalized spacial score (nSPS) is 15.0. The van der Waals surface area contributed by atoms with E-state index in [1.807, 2.05) is 12.1 Å². The van der Waals surface area contributed by atoms with Gasteiger partial charge in [-0.2, -0.15) is 5.48 Å². The van der Waals surface area contributed by atoms with E-state index in [9.17, 15) is 4.79 Å². The number of hydrogen-bond acceptors (Lipinski definition) is 3. The summed E-state index contributed by atoms with van der Waals surface area (Å²) in [5.41, 5.74) is 5.62. The summed E-state index contributed by atoms with van der Waals surface area (Å²) in [5, 5.41) is 8.44. The third kappa shape index (κ3) is 2.81. The molecule has 86 valence electrons. The molecular weight excluding hydrogens is 206 g/mol. The van der Waals surface area contributed by atoms with Crippen LogP contribution in [0.4, 0.5) is 0 Å². The Kier molecular flexibility index (Phi) is 3.54. The highest BCUT2D eigenvalue weighted by Gasteiger charge is 2.20. The molecule has 0 bridgehead atoms. The summed E-state index contributed by atoms with van der Waals surface area (Å²) in [6.07, 6.45) is 1.93. The van der Waals surface area contributed by atoms with Gasteiger partial charge in [-0.05, 0) is 24.0 Å². The molecule has 2 rings (SSSR count). The van der Waals surface area contributed by atoms with Crippen LogP contribution in [0.2, 0.25) is 0 Å². The third-order valence-corrected chi connectivity index (χ3v) is 2.72. The Hall–Kier alpha value is -1.39. The molecule has 0 spiro atoms. The fourth-order valence-electron chi connectivity index (χ4n) is 1.96. The lowest BCUT2D eigenvalue weighted by molar-refractivity contribution is -0.139. The van der Waals surface area contributed by atoms with Crippen LogP contribution < -0.4 is 5.48 Å². The van der Waals surface area contributed by atoms with Crippen molar-refractivity contribution in [3.8, 4) is 0 Å². The van der Waals surface area contributed by atoms with Gasteiger partial charge in [0.1, 0.15) is 0 Å². The Bertz CT molecular complexity index is 353. The molecule has 2 N–H and O–H groups in total. The smallest absolute Gasteiger partial charge is 0.305 e. The van der Waals surface area contributed by atoms with Crippen LogP contribution in [0.15, 0.2) is 24.3 Å². The van der Waals surface area contributed by atoms with E-state index in [1.165, 1.54) is 11.1 Å². The van der Waals surface area contributed by atoms with Crippen molar-refractivity contribution in [3.05, 3.63) is 35.4 Å². The van der Waals surface area contributed by atoms with Crippen molar-refractivity contribution in [1.29, 1.82) is 0 Å². The predicted octanol–water partition coefficient (Wildman–Crippen LogP) is 1.15. The largest absolute Gasteiger partial charge is 0.481 e. The maximum atomic E-state index is 10.3. The van der Waals surface area contributed by atoms with Gasteiger partial charge in [-0.25, -0.2) is 0 Å². The summed E-state index contributed by atoms with van der Waals surface area (Å²) in [5.74, 6) is -0.837. The van der Waals surface area contributed by atoms with Crippen LogP contribution in [0.1, 0.15) is 17.5 Å². The van der Waals surface area contributed by atoms with Crippen LogP contribution >= 0.6 is 0 Å². The highest BCUT2D eigenvalue weighted by atomic mass is 16.6. The van der Waals surface area contributed by atoms with Crippen molar-refractivity contribution in [1.82, 2.24) is 5.48 Å². The molecule has 1 aliphatic rings. The predicted molar refractivity (Wildman–Crippen MR) is 59.0 cm³/mol. The molecule has 0 unspecified atom stereocenters. The molecule has 1 aliphatic carbocycles. The molecule has 4 nitrogen and oxygen atoms in total. The van der Waals surface area contributed by atoms with Crippen molar-refractivity contribution in [2.24, 2.45) is 0 Å². The van der Waals surface area contributed by atoms with E-state index in [0.29, 0.717) is 0 Å². The summed E-state index contributed by atoms with van der Waals surface area (Å²) in [6.45, 7) is 0.210. The minimum absolute atomic E-state index is 0.0344. The number of carboxylic acid groups (broad SMARTS) is 1. The van der Waals surface area contributed by atoms with Gasteiger partial charge in [-0.15, -0.1) is 0 Å². The molecular formula is C12H15NO3. The SMILES string of the molecule is O=C(O)CCONC1Cc2ccccc2C1. The lowest BCUT2D eigenvalue weighted by atomic mass is 10.1. The van der Waals surface area contributed by atoms with E-state index in [1.54, 1.807) is 0 Å². The first-order valence-corrected chi connectivity index (χ1v) is 5.41. The molecule has 0 heterocycles. The summed E-state index contributed by atoms with van der Waals surface area (Å²) in [7, 11) is 0. The van der Waals surface area contributed by atoms with Crippen LogP contribution in [-0.4, -0.2) is 23.7 Å². The van der Waals surface area contributed by atoms with Crippen molar-refractivity contribution in [3.63, 3.8) is 0 Å². The molecule has 0 aromatic heterocycles. The zero-order valence-corrected chi connectivity index (χ0v) is 8.98. The van der Waals surface area contributed by atoms with Crippen molar-refractivity contribution >= 4 is 5.97 Å². The second kappa shape index (κ2) is 5.09. The Balaban J connectivity index is 1.73. The van der Waals surface area contributed by atoms with Crippen molar-refractivity contribution in [2.45, 2.75) is 25.3 Å². The summed E-state index contributed by atoms with van der Waals surface area (Å²) in [4.78, 5) is 15.4. The molecule has 0 fully saturated rings. The summed E-state index contributed by atoms with van der Waals surface area (Å²) >= 11 is 0. The van der Waals surface area contributed by atoms with Crippen molar-refractivity contribution < 1.29 is 14.7 Å². The lowest BCUT2D eigenvalue weighted by Gasteiger charge is -2.10. The van der Waals surface area contributed by atoms with Gasteiger partial charge in [-0.1, -0.05) is 24.3 Å². The number of benzene rings is 1. The average Bonchev–Trinajstić information content (AvgIpc) is 2.66. The number of nitrogens with one attached hydrogen (secondary N) is 1. The van der Waals surface area contributed by atoms with Gasteiger partial charge in [0.25, 0.3) is 0 Å². The van der Waals surface area contributed by atoms with Crippen LogP contribution in [-0.2, 0) is 22.5 Å². The van der Waals surface area contributed by atoms with Gasteiger partial charge < -0.3 is 9.94 Å². The Labute approximate surface area is 94.2 Å². The number of aliphatic carboxylic acids is 1. The molecule has 0 aliphatic heterocycles. The maximum absolute atomic E-state index is 10.3. The Morgan fingerprint density at radius 1 is 1.38 bits per heavy atom. The van der Waals surface area contributed by atoms with Gasteiger partial charge in [0, 0.05) is 6.04 Å². The molecule has 4 heteroatoms. The highest BCUT2D eigenvalue weighted by Crippen LogP contribution is 2.21. The van der Waals surface area contributed by atoms with Gasteiger partial charge in [0.15, 0.2) is 0 Å². The Morgan fingerprint density at radius 3 is 2.56 bits per heavy atom. The van der Waals surface area contributed by atoms with Gasteiger partial charge >= 0.3 is 5.97 Å². The molecule has 1 aromatic carbocycles. The minimum atomic E-state index is -0.837. The number of hydrogen-bond donors (Lipinski definition) is 2. The second-order valence-corrected chi connectivity index (χ2v) is 3.98. The van der Waals surface area contributed by atoms with Gasteiger partial charge in [0.05, 0.1) is 13.0 Å². The number of hydroxylamine groups is 1. The Morgan fingerprint density at radius 2 is 2.00 bits per heavy atom. The van der Waals surface area contributed by atoms with Crippen LogP contribution in [0.25, 0.3) is 0 Å². The molecule has 0 saturated carbocycles. The number of rotatable bonds is 5. The van der Waals surface area contributed by atoms with Crippen LogP contribution in [0.5, 0.6) is 0 Å².